The highest BCUT2D eigenvalue weighted by atomic mass is 19.1. The second kappa shape index (κ2) is 6.49. The average Bonchev–Trinajstić information content (AvgIpc) is 2.44. The van der Waals surface area contributed by atoms with Crippen LogP contribution in [0.1, 0.15) is 32.8 Å². The maximum Gasteiger partial charge on any atom is 0.134 e. The summed E-state index contributed by atoms with van der Waals surface area (Å²) in [7, 11) is 0. The van der Waals surface area contributed by atoms with Crippen LogP contribution in [0.5, 0.6) is 0 Å². The molecule has 1 saturated heterocycles. The van der Waals surface area contributed by atoms with Crippen molar-refractivity contribution in [3.8, 4) is 0 Å². The smallest absolute Gasteiger partial charge is 0.134 e. The molecular formula is C16H23FO2. The van der Waals surface area contributed by atoms with Gasteiger partial charge in [-0.05, 0) is 18.9 Å². The zero-order chi connectivity index (χ0) is 13.8. The van der Waals surface area contributed by atoms with E-state index in [9.17, 15) is 4.39 Å². The zero-order valence-corrected chi connectivity index (χ0v) is 11.9. The molecule has 0 aromatic heterocycles. The molecule has 0 unspecified atom stereocenters. The summed E-state index contributed by atoms with van der Waals surface area (Å²) in [6.07, 6.45) is -0.783. The van der Waals surface area contributed by atoms with Gasteiger partial charge in [-0.15, -0.1) is 0 Å². The molecule has 1 aliphatic heterocycles. The predicted octanol–water partition coefficient (Wildman–Crippen LogP) is 3.74. The van der Waals surface area contributed by atoms with Gasteiger partial charge in [0.1, 0.15) is 12.3 Å². The molecule has 1 aromatic carbocycles. The summed E-state index contributed by atoms with van der Waals surface area (Å²) in [6.45, 7) is 6.27. The monoisotopic (exact) mass is 266 g/mol. The van der Waals surface area contributed by atoms with Crippen molar-refractivity contribution in [3.05, 3.63) is 35.9 Å². The van der Waals surface area contributed by atoms with Gasteiger partial charge in [0.05, 0.1) is 18.8 Å². The minimum absolute atomic E-state index is 0.00146. The second-order valence-corrected chi connectivity index (χ2v) is 5.35. The topological polar surface area (TPSA) is 18.5 Å². The summed E-state index contributed by atoms with van der Waals surface area (Å²) < 4.78 is 26.0. The van der Waals surface area contributed by atoms with Crippen molar-refractivity contribution in [1.29, 1.82) is 0 Å². The molecule has 2 rings (SSSR count). The number of alkyl halides is 1. The quantitative estimate of drug-likeness (QED) is 0.826. The van der Waals surface area contributed by atoms with Gasteiger partial charge >= 0.3 is 0 Å². The molecule has 0 spiro atoms. The molecule has 19 heavy (non-hydrogen) atoms. The molecule has 0 saturated carbocycles. The van der Waals surface area contributed by atoms with Crippen molar-refractivity contribution in [2.45, 2.75) is 58.3 Å². The van der Waals surface area contributed by atoms with Crippen molar-refractivity contribution < 1.29 is 13.9 Å². The Hall–Kier alpha value is -0.930. The van der Waals surface area contributed by atoms with Crippen LogP contribution in [-0.4, -0.2) is 24.5 Å². The maximum atomic E-state index is 14.4. The predicted molar refractivity (Wildman–Crippen MR) is 73.7 cm³/mol. The zero-order valence-electron chi connectivity index (χ0n) is 11.9. The number of ether oxygens (including phenoxy) is 2. The van der Waals surface area contributed by atoms with Crippen LogP contribution in [0, 0.1) is 5.92 Å². The summed E-state index contributed by atoms with van der Waals surface area (Å²) in [4.78, 5) is 0. The minimum Gasteiger partial charge on any atom is -0.372 e. The Kier molecular flexibility index (Phi) is 4.94. The van der Waals surface area contributed by atoms with E-state index in [4.69, 9.17) is 9.47 Å². The average molecular weight is 266 g/mol. The van der Waals surface area contributed by atoms with E-state index in [1.807, 2.05) is 51.1 Å². The van der Waals surface area contributed by atoms with Crippen molar-refractivity contribution in [2.75, 3.05) is 0 Å². The van der Waals surface area contributed by atoms with E-state index < -0.39 is 12.3 Å². The molecule has 1 heterocycles. The highest BCUT2D eigenvalue weighted by Gasteiger charge is 2.42. The van der Waals surface area contributed by atoms with Gasteiger partial charge in [-0.3, -0.25) is 0 Å². The van der Waals surface area contributed by atoms with Gasteiger partial charge < -0.3 is 9.47 Å². The fourth-order valence-corrected chi connectivity index (χ4v) is 2.70. The van der Waals surface area contributed by atoms with Gasteiger partial charge in [-0.25, -0.2) is 4.39 Å². The van der Waals surface area contributed by atoms with E-state index in [1.54, 1.807) is 0 Å². The molecular weight excluding hydrogens is 243 g/mol. The van der Waals surface area contributed by atoms with Crippen LogP contribution in [0.2, 0.25) is 0 Å². The third kappa shape index (κ3) is 3.34. The van der Waals surface area contributed by atoms with Gasteiger partial charge in [0, 0.05) is 5.92 Å². The summed E-state index contributed by atoms with van der Waals surface area (Å²) in [5, 5.41) is 0. The largest absolute Gasteiger partial charge is 0.372 e. The molecule has 0 amide bonds. The van der Waals surface area contributed by atoms with Crippen LogP contribution < -0.4 is 0 Å². The molecule has 106 valence electrons. The molecule has 3 heteroatoms. The number of hydrogen-bond donors (Lipinski definition) is 0. The summed E-state index contributed by atoms with van der Waals surface area (Å²) in [6, 6.07) is 9.85. The first-order valence-corrected chi connectivity index (χ1v) is 7.08. The Labute approximate surface area is 114 Å². The fourth-order valence-electron chi connectivity index (χ4n) is 2.70. The molecule has 5 atom stereocenters. The van der Waals surface area contributed by atoms with Crippen LogP contribution in [0.3, 0.4) is 0 Å². The standard InChI is InChI=1S/C16H23FO2/c1-4-14-11(2)15(17)16(12(3)19-14)18-10-13-8-6-5-7-9-13/h5-9,11-12,14-16H,4,10H2,1-3H3/t11-,12+,14-,15-,16+/m1/s1. The Morgan fingerprint density at radius 1 is 1.21 bits per heavy atom. The summed E-state index contributed by atoms with van der Waals surface area (Å²) in [5.41, 5.74) is 1.06. The highest BCUT2D eigenvalue weighted by Crippen LogP contribution is 2.31. The van der Waals surface area contributed by atoms with Gasteiger partial charge in [-0.2, -0.15) is 0 Å². The van der Waals surface area contributed by atoms with E-state index in [-0.39, 0.29) is 18.1 Å². The molecule has 0 aliphatic carbocycles. The molecule has 1 fully saturated rings. The Bertz CT molecular complexity index is 382. The van der Waals surface area contributed by atoms with Crippen LogP contribution in [-0.2, 0) is 16.1 Å². The normalized spacial score (nSPS) is 35.3. The van der Waals surface area contributed by atoms with Crippen molar-refractivity contribution in [1.82, 2.24) is 0 Å². The lowest BCUT2D eigenvalue weighted by Crippen LogP contribution is -2.51. The lowest BCUT2D eigenvalue weighted by atomic mass is 9.88. The Balaban J connectivity index is 1.96. The van der Waals surface area contributed by atoms with E-state index >= 15 is 0 Å². The molecule has 0 radical (unpaired) electrons. The maximum absolute atomic E-state index is 14.4. The van der Waals surface area contributed by atoms with Crippen molar-refractivity contribution in [2.24, 2.45) is 5.92 Å². The minimum atomic E-state index is -0.961. The van der Waals surface area contributed by atoms with Gasteiger partial charge in [0.25, 0.3) is 0 Å². The van der Waals surface area contributed by atoms with Crippen LogP contribution in [0.25, 0.3) is 0 Å². The fraction of sp³-hybridized carbons (Fsp3) is 0.625. The lowest BCUT2D eigenvalue weighted by molar-refractivity contribution is -0.192. The number of hydrogen-bond acceptors (Lipinski definition) is 2. The van der Waals surface area contributed by atoms with Gasteiger partial charge in [-0.1, -0.05) is 44.2 Å². The lowest BCUT2D eigenvalue weighted by Gasteiger charge is -2.41. The molecule has 0 N–H and O–H groups in total. The third-order valence-electron chi connectivity index (χ3n) is 3.94. The Morgan fingerprint density at radius 2 is 1.89 bits per heavy atom. The van der Waals surface area contributed by atoms with Crippen LogP contribution >= 0.6 is 0 Å². The first kappa shape index (κ1) is 14.5. The molecule has 2 nitrogen and oxygen atoms in total. The SMILES string of the molecule is CC[C@H]1O[C@@H](C)[C@H](OCc2ccccc2)[C@H](F)[C@@H]1C. The van der Waals surface area contributed by atoms with E-state index in [0.29, 0.717) is 6.61 Å². The van der Waals surface area contributed by atoms with E-state index in [2.05, 4.69) is 0 Å². The van der Waals surface area contributed by atoms with Crippen molar-refractivity contribution >= 4 is 0 Å². The van der Waals surface area contributed by atoms with Crippen LogP contribution in [0.15, 0.2) is 30.3 Å². The first-order chi connectivity index (χ1) is 9.13. The Morgan fingerprint density at radius 3 is 2.53 bits per heavy atom. The second-order valence-electron chi connectivity index (χ2n) is 5.35. The third-order valence-corrected chi connectivity index (χ3v) is 3.94. The van der Waals surface area contributed by atoms with E-state index in [0.717, 1.165) is 12.0 Å². The van der Waals surface area contributed by atoms with Gasteiger partial charge in [0.15, 0.2) is 0 Å². The molecule has 0 bridgehead atoms. The summed E-state index contributed by atoms with van der Waals surface area (Å²) >= 11 is 0. The van der Waals surface area contributed by atoms with E-state index in [1.165, 1.54) is 0 Å². The van der Waals surface area contributed by atoms with Crippen LogP contribution in [0.4, 0.5) is 4.39 Å². The number of rotatable bonds is 4. The first-order valence-electron chi connectivity index (χ1n) is 7.08. The molecule has 1 aromatic rings. The summed E-state index contributed by atoms with van der Waals surface area (Å²) in [5.74, 6) is -0.109. The number of halogens is 1. The van der Waals surface area contributed by atoms with Gasteiger partial charge in [0.2, 0.25) is 0 Å². The number of benzene rings is 1. The van der Waals surface area contributed by atoms with Crippen molar-refractivity contribution in [3.63, 3.8) is 0 Å². The highest BCUT2D eigenvalue weighted by molar-refractivity contribution is 5.13. The molecule has 1 aliphatic rings.